The summed E-state index contributed by atoms with van der Waals surface area (Å²) in [6.45, 7) is 7.64. The maximum absolute atomic E-state index is 12.2. The fraction of sp³-hybridized carbons (Fsp3) is 0.375. The van der Waals surface area contributed by atoms with Crippen molar-refractivity contribution in [2.45, 2.75) is 52.0 Å². The van der Waals surface area contributed by atoms with E-state index in [-0.39, 0.29) is 18.4 Å². The van der Waals surface area contributed by atoms with Crippen LogP contribution >= 0.6 is 0 Å². The van der Waals surface area contributed by atoms with Crippen molar-refractivity contribution in [1.29, 1.82) is 0 Å². The van der Waals surface area contributed by atoms with Crippen LogP contribution in [0.1, 0.15) is 49.8 Å². The van der Waals surface area contributed by atoms with E-state index >= 15 is 0 Å². The number of esters is 1. The SMILES string of the molecule is Cc1ccc(C(C)C)c(OCC(=O)Oc2ccc(CC[C@]3(C)NC(=O)NC3=O)cc2)c1. The highest BCUT2D eigenvalue weighted by molar-refractivity contribution is 6.06. The third kappa shape index (κ3) is 5.63. The smallest absolute Gasteiger partial charge is 0.349 e. The Bertz CT molecular complexity index is 984. The standard InChI is InChI=1S/C24H28N2O5/c1-15(2)19-10-5-16(3)13-20(19)30-14-21(27)31-18-8-6-17(7-9-18)11-12-24(4)22(28)25-23(29)26-24/h5-10,13,15H,11-12,14H2,1-4H3,(H2,25,26,28,29)/t24-/m0/s1. The number of rotatable bonds is 8. The first-order valence-corrected chi connectivity index (χ1v) is 10.3. The molecule has 2 aromatic carbocycles. The van der Waals surface area contributed by atoms with Gasteiger partial charge in [-0.1, -0.05) is 38.1 Å². The molecule has 0 unspecified atom stereocenters. The highest BCUT2D eigenvalue weighted by Crippen LogP contribution is 2.27. The van der Waals surface area contributed by atoms with Gasteiger partial charge in [0.2, 0.25) is 0 Å². The Balaban J connectivity index is 1.52. The van der Waals surface area contributed by atoms with Crippen molar-refractivity contribution in [3.05, 3.63) is 59.2 Å². The molecule has 31 heavy (non-hydrogen) atoms. The van der Waals surface area contributed by atoms with E-state index in [0.29, 0.717) is 24.3 Å². The number of imide groups is 1. The van der Waals surface area contributed by atoms with Crippen molar-refractivity contribution in [2.24, 2.45) is 0 Å². The van der Waals surface area contributed by atoms with E-state index in [1.165, 1.54) is 0 Å². The van der Waals surface area contributed by atoms with Crippen LogP contribution in [0.2, 0.25) is 0 Å². The Labute approximate surface area is 182 Å². The highest BCUT2D eigenvalue weighted by atomic mass is 16.6. The third-order valence-corrected chi connectivity index (χ3v) is 5.32. The number of ether oxygens (including phenoxy) is 2. The molecule has 1 heterocycles. The Morgan fingerprint density at radius 1 is 1.10 bits per heavy atom. The average molecular weight is 424 g/mol. The molecule has 0 spiro atoms. The van der Waals surface area contributed by atoms with E-state index in [1.807, 2.05) is 37.3 Å². The minimum Gasteiger partial charge on any atom is -0.482 e. The number of amides is 3. The van der Waals surface area contributed by atoms with Crippen molar-refractivity contribution in [3.8, 4) is 11.5 Å². The molecule has 7 heteroatoms. The molecule has 7 nitrogen and oxygen atoms in total. The summed E-state index contributed by atoms with van der Waals surface area (Å²) in [4.78, 5) is 35.4. The lowest BCUT2D eigenvalue weighted by atomic mass is 9.93. The number of benzene rings is 2. The van der Waals surface area contributed by atoms with Crippen LogP contribution in [-0.2, 0) is 16.0 Å². The van der Waals surface area contributed by atoms with Crippen LogP contribution in [0.25, 0.3) is 0 Å². The van der Waals surface area contributed by atoms with Gasteiger partial charge < -0.3 is 14.8 Å². The first-order chi connectivity index (χ1) is 14.7. The molecule has 3 rings (SSSR count). The predicted molar refractivity (Wildman–Crippen MR) is 116 cm³/mol. The molecule has 3 amide bonds. The van der Waals surface area contributed by atoms with E-state index in [4.69, 9.17) is 9.47 Å². The van der Waals surface area contributed by atoms with Crippen LogP contribution in [0.5, 0.6) is 11.5 Å². The Hall–Kier alpha value is -3.35. The van der Waals surface area contributed by atoms with E-state index in [9.17, 15) is 14.4 Å². The molecular weight excluding hydrogens is 396 g/mol. The molecule has 2 aromatic rings. The van der Waals surface area contributed by atoms with Gasteiger partial charge in [-0.15, -0.1) is 0 Å². The van der Waals surface area contributed by atoms with Gasteiger partial charge in [0.25, 0.3) is 5.91 Å². The van der Waals surface area contributed by atoms with Gasteiger partial charge in [-0.25, -0.2) is 9.59 Å². The topological polar surface area (TPSA) is 93.7 Å². The second-order valence-electron chi connectivity index (χ2n) is 8.34. The second kappa shape index (κ2) is 9.20. The zero-order valence-corrected chi connectivity index (χ0v) is 18.3. The molecule has 1 saturated heterocycles. The van der Waals surface area contributed by atoms with Gasteiger partial charge in [0.15, 0.2) is 6.61 Å². The Morgan fingerprint density at radius 2 is 1.81 bits per heavy atom. The van der Waals surface area contributed by atoms with Crippen LogP contribution in [-0.4, -0.2) is 30.1 Å². The van der Waals surface area contributed by atoms with Crippen molar-refractivity contribution < 1.29 is 23.9 Å². The summed E-state index contributed by atoms with van der Waals surface area (Å²) < 4.78 is 11.1. The molecule has 1 aliphatic rings. The monoisotopic (exact) mass is 424 g/mol. The summed E-state index contributed by atoms with van der Waals surface area (Å²) in [7, 11) is 0. The molecule has 0 saturated carbocycles. The predicted octanol–water partition coefficient (Wildman–Crippen LogP) is 3.63. The minimum absolute atomic E-state index is 0.182. The van der Waals surface area contributed by atoms with Crippen LogP contribution in [0.15, 0.2) is 42.5 Å². The number of hydrogen-bond donors (Lipinski definition) is 2. The minimum atomic E-state index is -0.913. The van der Waals surface area contributed by atoms with E-state index in [0.717, 1.165) is 16.7 Å². The maximum Gasteiger partial charge on any atom is 0.349 e. The van der Waals surface area contributed by atoms with Crippen LogP contribution in [0, 0.1) is 6.92 Å². The van der Waals surface area contributed by atoms with Crippen LogP contribution in [0.4, 0.5) is 4.79 Å². The number of nitrogens with one attached hydrogen (secondary N) is 2. The van der Waals surface area contributed by atoms with Gasteiger partial charge in [-0.05, 0) is 67.5 Å². The molecule has 1 fully saturated rings. The first-order valence-electron chi connectivity index (χ1n) is 10.3. The molecule has 0 radical (unpaired) electrons. The van der Waals surface area contributed by atoms with E-state index < -0.39 is 17.5 Å². The van der Waals surface area contributed by atoms with Gasteiger partial charge in [-0.2, -0.15) is 0 Å². The second-order valence-corrected chi connectivity index (χ2v) is 8.34. The Kier molecular flexibility index (Phi) is 6.63. The molecular formula is C24H28N2O5. The molecule has 164 valence electrons. The van der Waals surface area contributed by atoms with E-state index in [2.05, 4.69) is 24.5 Å². The van der Waals surface area contributed by atoms with Crippen molar-refractivity contribution in [2.75, 3.05) is 6.61 Å². The van der Waals surface area contributed by atoms with Gasteiger partial charge >= 0.3 is 12.0 Å². The number of urea groups is 1. The zero-order chi connectivity index (χ0) is 22.6. The lowest BCUT2D eigenvalue weighted by Gasteiger charge is -2.20. The largest absolute Gasteiger partial charge is 0.482 e. The van der Waals surface area contributed by atoms with E-state index in [1.54, 1.807) is 19.1 Å². The van der Waals surface area contributed by atoms with Gasteiger partial charge in [0.05, 0.1) is 0 Å². The van der Waals surface area contributed by atoms with Gasteiger partial charge in [0.1, 0.15) is 17.0 Å². The average Bonchev–Trinajstić information content (AvgIpc) is 2.97. The molecule has 0 bridgehead atoms. The molecule has 1 atom stereocenters. The first kappa shape index (κ1) is 22.3. The summed E-state index contributed by atoms with van der Waals surface area (Å²) in [5, 5.41) is 4.90. The summed E-state index contributed by atoms with van der Waals surface area (Å²) in [5.74, 6) is 0.590. The van der Waals surface area contributed by atoms with Crippen molar-refractivity contribution in [3.63, 3.8) is 0 Å². The molecule has 0 aliphatic carbocycles. The zero-order valence-electron chi connectivity index (χ0n) is 18.3. The molecule has 0 aromatic heterocycles. The van der Waals surface area contributed by atoms with Gasteiger partial charge in [-0.3, -0.25) is 10.1 Å². The maximum atomic E-state index is 12.2. The number of carbonyl (C=O) groups is 3. The summed E-state index contributed by atoms with van der Waals surface area (Å²) in [6.07, 6.45) is 1.05. The molecule has 1 aliphatic heterocycles. The normalized spacial score (nSPS) is 18.0. The van der Waals surface area contributed by atoms with Crippen LogP contribution < -0.4 is 20.1 Å². The summed E-state index contributed by atoms with van der Waals surface area (Å²) in [5.41, 5.74) is 2.16. The van der Waals surface area contributed by atoms with Crippen LogP contribution in [0.3, 0.4) is 0 Å². The lowest BCUT2D eigenvalue weighted by molar-refractivity contribution is -0.136. The third-order valence-electron chi connectivity index (χ3n) is 5.32. The summed E-state index contributed by atoms with van der Waals surface area (Å²) in [6, 6.07) is 12.6. The molecule has 2 N–H and O–H groups in total. The number of hydrogen-bond acceptors (Lipinski definition) is 5. The summed E-state index contributed by atoms with van der Waals surface area (Å²) >= 11 is 0. The van der Waals surface area contributed by atoms with Gasteiger partial charge in [0, 0.05) is 0 Å². The van der Waals surface area contributed by atoms with Crippen molar-refractivity contribution in [1.82, 2.24) is 10.6 Å². The fourth-order valence-corrected chi connectivity index (χ4v) is 3.42. The fourth-order valence-electron chi connectivity index (χ4n) is 3.42. The Morgan fingerprint density at radius 3 is 2.42 bits per heavy atom. The lowest BCUT2D eigenvalue weighted by Crippen LogP contribution is -2.43. The van der Waals surface area contributed by atoms with Crippen molar-refractivity contribution >= 4 is 17.9 Å². The number of carbonyl (C=O) groups excluding carboxylic acids is 3. The highest BCUT2D eigenvalue weighted by Gasteiger charge is 2.41. The quantitative estimate of drug-likeness (QED) is 0.383. The number of aryl methyl sites for hydroxylation is 2.